The number of hydrogen-bond donors (Lipinski definition) is 1. The number of nitrogens with zero attached hydrogens (tertiary/aromatic N) is 1. The van der Waals surface area contributed by atoms with Crippen LogP contribution >= 0.6 is 0 Å². The van der Waals surface area contributed by atoms with E-state index in [-0.39, 0.29) is 5.82 Å². The Morgan fingerprint density at radius 2 is 1.81 bits per heavy atom. The molecule has 2 rings (SSSR count). The fourth-order valence-corrected chi connectivity index (χ4v) is 1.46. The number of benzene rings is 1. The molecule has 0 bridgehead atoms. The molecule has 0 aliphatic rings. The molecule has 0 atom stereocenters. The molecule has 1 aromatic heterocycles. The molecule has 16 heavy (non-hydrogen) atoms. The number of pyridine rings is 1. The van der Waals surface area contributed by atoms with Crippen molar-refractivity contribution in [2.45, 2.75) is 13.8 Å². The summed E-state index contributed by atoms with van der Waals surface area (Å²) in [6, 6.07) is 8.85. The third-order valence-corrected chi connectivity index (χ3v) is 2.30. The van der Waals surface area contributed by atoms with E-state index >= 15 is 0 Å². The molecule has 0 fully saturated rings. The molecule has 0 aliphatic heterocycles. The lowest BCUT2D eigenvalue weighted by molar-refractivity contribution is 0.630. The first kappa shape index (κ1) is 10.6. The number of rotatable bonds is 2. The molecule has 0 spiro atoms. The molecule has 0 unspecified atom stereocenters. The third kappa shape index (κ3) is 2.37. The molecule has 0 amide bonds. The maximum Gasteiger partial charge on any atom is 0.146 e. The molecule has 2 aromatic rings. The van der Waals surface area contributed by atoms with Crippen LogP contribution in [0.2, 0.25) is 0 Å². The minimum Gasteiger partial charge on any atom is -0.338 e. The zero-order valence-corrected chi connectivity index (χ0v) is 9.29. The highest BCUT2D eigenvalue weighted by Crippen LogP contribution is 2.19. The van der Waals surface area contributed by atoms with Gasteiger partial charge in [-0.05, 0) is 49.2 Å². The second kappa shape index (κ2) is 4.31. The zero-order chi connectivity index (χ0) is 11.5. The summed E-state index contributed by atoms with van der Waals surface area (Å²) < 4.78 is 13.5. The number of aryl methyl sites for hydroxylation is 2. The summed E-state index contributed by atoms with van der Waals surface area (Å²) in [6.07, 6.45) is 1.70. The molecule has 0 radical (unpaired) electrons. The second-order valence-electron chi connectivity index (χ2n) is 3.83. The molecule has 3 heteroatoms. The van der Waals surface area contributed by atoms with Gasteiger partial charge in [0.2, 0.25) is 0 Å². The number of nitrogens with one attached hydrogen (secondary N) is 1. The van der Waals surface area contributed by atoms with Crippen molar-refractivity contribution in [3.63, 3.8) is 0 Å². The zero-order valence-electron chi connectivity index (χ0n) is 9.29. The largest absolute Gasteiger partial charge is 0.338 e. The van der Waals surface area contributed by atoms with E-state index in [2.05, 4.69) is 10.3 Å². The van der Waals surface area contributed by atoms with Crippen LogP contribution in [-0.2, 0) is 0 Å². The molecule has 0 aliphatic carbocycles. The van der Waals surface area contributed by atoms with Crippen LogP contribution in [0.3, 0.4) is 0 Å². The lowest BCUT2D eigenvalue weighted by Gasteiger charge is -2.07. The van der Waals surface area contributed by atoms with Crippen LogP contribution in [0, 0.1) is 19.7 Å². The van der Waals surface area contributed by atoms with Crippen molar-refractivity contribution in [2.24, 2.45) is 0 Å². The van der Waals surface area contributed by atoms with E-state index in [9.17, 15) is 4.39 Å². The molecular formula is C13H13FN2. The smallest absolute Gasteiger partial charge is 0.146 e. The Morgan fingerprint density at radius 3 is 2.50 bits per heavy atom. The SMILES string of the molecule is Cc1ccnc(Nc2ccc(C)cc2F)c1. The maximum absolute atomic E-state index is 13.5. The van der Waals surface area contributed by atoms with E-state index in [0.29, 0.717) is 11.5 Å². The summed E-state index contributed by atoms with van der Waals surface area (Å²) in [5, 5.41) is 2.95. The van der Waals surface area contributed by atoms with Crippen molar-refractivity contribution >= 4 is 11.5 Å². The van der Waals surface area contributed by atoms with Crippen LogP contribution in [0.15, 0.2) is 36.5 Å². The Kier molecular flexibility index (Phi) is 2.86. The topological polar surface area (TPSA) is 24.9 Å². The molecule has 1 heterocycles. The monoisotopic (exact) mass is 216 g/mol. The minimum atomic E-state index is -0.261. The van der Waals surface area contributed by atoms with Crippen molar-refractivity contribution in [1.82, 2.24) is 4.98 Å². The van der Waals surface area contributed by atoms with Gasteiger partial charge >= 0.3 is 0 Å². The van der Waals surface area contributed by atoms with Gasteiger partial charge in [0, 0.05) is 6.20 Å². The second-order valence-corrected chi connectivity index (χ2v) is 3.83. The van der Waals surface area contributed by atoms with Gasteiger partial charge in [0.15, 0.2) is 0 Å². The first-order valence-corrected chi connectivity index (χ1v) is 5.11. The first-order valence-electron chi connectivity index (χ1n) is 5.11. The van der Waals surface area contributed by atoms with E-state index in [1.54, 1.807) is 12.3 Å². The highest BCUT2D eigenvalue weighted by atomic mass is 19.1. The van der Waals surface area contributed by atoms with Crippen molar-refractivity contribution < 1.29 is 4.39 Å². The van der Waals surface area contributed by atoms with Gasteiger partial charge in [-0.25, -0.2) is 9.37 Å². The Balaban J connectivity index is 2.27. The van der Waals surface area contributed by atoms with E-state index in [1.807, 2.05) is 32.0 Å². The van der Waals surface area contributed by atoms with Crippen molar-refractivity contribution in [3.05, 3.63) is 53.5 Å². The Hall–Kier alpha value is -1.90. The predicted octanol–water partition coefficient (Wildman–Crippen LogP) is 3.58. The summed E-state index contributed by atoms with van der Waals surface area (Å²) in [5.41, 5.74) is 2.44. The summed E-state index contributed by atoms with van der Waals surface area (Å²) in [4.78, 5) is 4.12. The van der Waals surface area contributed by atoms with Crippen LogP contribution < -0.4 is 5.32 Å². The average molecular weight is 216 g/mol. The van der Waals surface area contributed by atoms with Gasteiger partial charge in [0.25, 0.3) is 0 Å². The lowest BCUT2D eigenvalue weighted by atomic mass is 10.2. The first-order chi connectivity index (χ1) is 7.65. The predicted molar refractivity (Wildman–Crippen MR) is 63.4 cm³/mol. The van der Waals surface area contributed by atoms with Crippen LogP contribution in [0.1, 0.15) is 11.1 Å². The van der Waals surface area contributed by atoms with E-state index in [1.165, 1.54) is 6.07 Å². The van der Waals surface area contributed by atoms with E-state index < -0.39 is 0 Å². The molecule has 82 valence electrons. The van der Waals surface area contributed by atoms with Crippen LogP contribution in [0.25, 0.3) is 0 Å². The third-order valence-electron chi connectivity index (χ3n) is 2.30. The van der Waals surface area contributed by atoms with Crippen LogP contribution in [0.4, 0.5) is 15.9 Å². The number of halogens is 1. The molecule has 1 aromatic carbocycles. The van der Waals surface area contributed by atoms with Gasteiger partial charge in [0.05, 0.1) is 5.69 Å². The van der Waals surface area contributed by atoms with Gasteiger partial charge in [-0.15, -0.1) is 0 Å². The molecule has 0 saturated carbocycles. The molecule has 0 saturated heterocycles. The van der Waals surface area contributed by atoms with Crippen molar-refractivity contribution in [2.75, 3.05) is 5.32 Å². The number of aromatic nitrogens is 1. The molecule has 1 N–H and O–H groups in total. The minimum absolute atomic E-state index is 0.261. The Labute approximate surface area is 94.2 Å². The Bertz CT molecular complexity index is 509. The van der Waals surface area contributed by atoms with Gasteiger partial charge < -0.3 is 5.32 Å². The number of hydrogen-bond acceptors (Lipinski definition) is 2. The fourth-order valence-electron chi connectivity index (χ4n) is 1.46. The highest BCUT2D eigenvalue weighted by molar-refractivity contribution is 5.57. The normalized spacial score (nSPS) is 10.2. The van der Waals surface area contributed by atoms with Crippen molar-refractivity contribution in [1.29, 1.82) is 0 Å². The summed E-state index contributed by atoms with van der Waals surface area (Å²) >= 11 is 0. The highest BCUT2D eigenvalue weighted by Gasteiger charge is 2.02. The molecule has 2 nitrogen and oxygen atoms in total. The number of anilines is 2. The van der Waals surface area contributed by atoms with Gasteiger partial charge in [0.1, 0.15) is 11.6 Å². The summed E-state index contributed by atoms with van der Waals surface area (Å²) in [6.45, 7) is 3.83. The maximum atomic E-state index is 13.5. The average Bonchev–Trinajstić information content (AvgIpc) is 2.22. The molecular weight excluding hydrogens is 203 g/mol. The van der Waals surface area contributed by atoms with E-state index in [4.69, 9.17) is 0 Å². The van der Waals surface area contributed by atoms with E-state index in [0.717, 1.165) is 11.1 Å². The van der Waals surface area contributed by atoms with Crippen molar-refractivity contribution in [3.8, 4) is 0 Å². The van der Waals surface area contributed by atoms with Gasteiger partial charge in [-0.1, -0.05) is 6.07 Å². The quantitative estimate of drug-likeness (QED) is 0.829. The Morgan fingerprint density at radius 1 is 1.06 bits per heavy atom. The van der Waals surface area contributed by atoms with Crippen LogP contribution in [-0.4, -0.2) is 4.98 Å². The lowest BCUT2D eigenvalue weighted by Crippen LogP contribution is -1.96. The fraction of sp³-hybridized carbons (Fsp3) is 0.154. The summed E-state index contributed by atoms with van der Waals surface area (Å²) in [7, 11) is 0. The standard InChI is InChI=1S/C13H13FN2/c1-9-3-4-12(11(14)7-9)16-13-8-10(2)5-6-15-13/h3-8H,1-2H3,(H,15,16). The summed E-state index contributed by atoms with van der Waals surface area (Å²) in [5.74, 6) is 0.394. The van der Waals surface area contributed by atoms with Crippen LogP contribution in [0.5, 0.6) is 0 Å². The van der Waals surface area contributed by atoms with Gasteiger partial charge in [-0.2, -0.15) is 0 Å². The van der Waals surface area contributed by atoms with Gasteiger partial charge in [-0.3, -0.25) is 0 Å².